The van der Waals surface area contributed by atoms with Crippen molar-refractivity contribution in [2.24, 2.45) is 0 Å². The molecule has 0 aromatic rings. The lowest BCUT2D eigenvalue weighted by molar-refractivity contribution is -0.155. The van der Waals surface area contributed by atoms with Gasteiger partial charge in [-0.3, -0.25) is 9.59 Å². The Labute approximate surface area is 109 Å². The Balaban J connectivity index is 4.90. The Morgan fingerprint density at radius 1 is 1.17 bits per heavy atom. The van der Waals surface area contributed by atoms with Crippen LogP contribution in [0.4, 0.5) is 0 Å². The number of hydrogen-bond acceptors (Lipinski definition) is 4. The molecule has 0 amide bonds. The van der Waals surface area contributed by atoms with Gasteiger partial charge >= 0.3 is 11.8 Å². The fraction of sp³-hybridized carbons (Fsp3) is 0.615. The molecule has 0 aromatic heterocycles. The molecule has 18 heavy (non-hydrogen) atoms. The van der Waals surface area contributed by atoms with Crippen LogP contribution in [0.2, 0.25) is 18.1 Å². The third kappa shape index (κ3) is 4.45. The topological polar surface area (TPSA) is 60.4 Å². The zero-order valence-corrected chi connectivity index (χ0v) is 12.8. The van der Waals surface area contributed by atoms with Crippen molar-refractivity contribution in [3.05, 3.63) is 0 Å². The first-order chi connectivity index (χ1) is 8.03. The first-order valence-electron chi connectivity index (χ1n) is 5.81. The number of ketones is 2. The second-order valence-corrected chi connectivity index (χ2v) is 10.5. The Kier molecular flexibility index (Phi) is 5.49. The molecule has 0 fully saturated rings. The van der Waals surface area contributed by atoms with Crippen LogP contribution in [0.1, 0.15) is 27.7 Å². The minimum absolute atomic E-state index is 0.00669. The minimum atomic E-state index is -1.95. The fourth-order valence-corrected chi connectivity index (χ4v) is 1.55. The van der Waals surface area contributed by atoms with Crippen LogP contribution in [0.5, 0.6) is 0 Å². The highest BCUT2D eigenvalue weighted by molar-refractivity contribution is 6.88. The summed E-state index contributed by atoms with van der Waals surface area (Å²) in [5.41, 5.74) is 2.89. The van der Waals surface area contributed by atoms with Crippen LogP contribution in [0.3, 0.4) is 0 Å². The summed E-state index contributed by atoms with van der Waals surface area (Å²) in [5, 5.41) is -0.00669. The number of rotatable bonds is 3. The SMILES string of the molecule is CCOC(=O)C(=O)C(=O)C#C[Si](C)(C)C(C)(C)C. The van der Waals surface area contributed by atoms with Gasteiger partial charge in [-0.05, 0) is 17.9 Å². The van der Waals surface area contributed by atoms with Gasteiger partial charge in [-0.25, -0.2) is 4.79 Å². The second kappa shape index (κ2) is 5.96. The van der Waals surface area contributed by atoms with Gasteiger partial charge < -0.3 is 4.74 Å². The lowest BCUT2D eigenvalue weighted by Crippen LogP contribution is -2.36. The van der Waals surface area contributed by atoms with Crippen molar-refractivity contribution in [2.75, 3.05) is 6.61 Å². The highest BCUT2D eigenvalue weighted by Crippen LogP contribution is 2.34. The molecule has 0 saturated heterocycles. The van der Waals surface area contributed by atoms with Crippen LogP contribution in [-0.4, -0.2) is 32.2 Å². The van der Waals surface area contributed by atoms with E-state index in [1.54, 1.807) is 6.92 Å². The molecule has 4 nitrogen and oxygen atoms in total. The van der Waals surface area contributed by atoms with Gasteiger partial charge in [0, 0.05) is 0 Å². The van der Waals surface area contributed by atoms with Crippen LogP contribution in [0.25, 0.3) is 0 Å². The Morgan fingerprint density at radius 2 is 1.67 bits per heavy atom. The maximum atomic E-state index is 11.4. The summed E-state index contributed by atoms with van der Waals surface area (Å²) in [4.78, 5) is 33.8. The number of Topliss-reactive ketones (excluding diaryl/α,β-unsaturated/α-hetero) is 2. The molecule has 0 heterocycles. The summed E-state index contributed by atoms with van der Waals surface area (Å²) in [6.45, 7) is 11.8. The molecule has 0 radical (unpaired) electrons. The first-order valence-corrected chi connectivity index (χ1v) is 8.81. The summed E-state index contributed by atoms with van der Waals surface area (Å²) in [5.74, 6) is -1.02. The van der Waals surface area contributed by atoms with Gasteiger partial charge in [-0.1, -0.05) is 33.9 Å². The predicted octanol–water partition coefficient (Wildman–Crippen LogP) is 1.74. The van der Waals surface area contributed by atoms with Crippen LogP contribution in [0.15, 0.2) is 0 Å². The van der Waals surface area contributed by atoms with E-state index < -0.39 is 25.6 Å². The number of carbonyl (C=O) groups excluding carboxylic acids is 3. The highest BCUT2D eigenvalue weighted by atomic mass is 28.3. The van der Waals surface area contributed by atoms with Gasteiger partial charge in [0.1, 0.15) is 8.07 Å². The lowest BCUT2D eigenvalue weighted by Gasteiger charge is -2.31. The Hall–Kier alpha value is -1.41. The van der Waals surface area contributed by atoms with E-state index in [-0.39, 0.29) is 11.6 Å². The number of ether oxygens (including phenoxy) is 1. The van der Waals surface area contributed by atoms with Gasteiger partial charge in [-0.15, -0.1) is 5.54 Å². The van der Waals surface area contributed by atoms with Gasteiger partial charge in [-0.2, -0.15) is 0 Å². The Morgan fingerprint density at radius 3 is 2.06 bits per heavy atom. The van der Waals surface area contributed by atoms with Crippen LogP contribution in [0, 0.1) is 11.5 Å². The van der Waals surface area contributed by atoms with Crippen molar-refractivity contribution < 1.29 is 19.1 Å². The second-order valence-electron chi connectivity index (χ2n) is 5.50. The van der Waals surface area contributed by atoms with Crippen molar-refractivity contribution in [3.8, 4) is 11.5 Å². The van der Waals surface area contributed by atoms with Crippen LogP contribution in [-0.2, 0) is 19.1 Å². The monoisotopic (exact) mass is 268 g/mol. The molecule has 0 aliphatic rings. The average Bonchev–Trinajstić information content (AvgIpc) is 2.23. The average molecular weight is 268 g/mol. The molecular weight excluding hydrogens is 248 g/mol. The summed E-state index contributed by atoms with van der Waals surface area (Å²) in [6, 6.07) is 0. The summed E-state index contributed by atoms with van der Waals surface area (Å²) in [6.07, 6.45) is 0. The molecule has 0 bridgehead atoms. The lowest BCUT2D eigenvalue weighted by atomic mass is 10.2. The van der Waals surface area contributed by atoms with E-state index in [4.69, 9.17) is 0 Å². The van der Waals surface area contributed by atoms with Crippen LogP contribution >= 0.6 is 0 Å². The van der Waals surface area contributed by atoms with Gasteiger partial charge in [0.2, 0.25) is 0 Å². The quantitative estimate of drug-likeness (QED) is 0.257. The summed E-state index contributed by atoms with van der Waals surface area (Å²) < 4.78 is 4.46. The number of carbonyl (C=O) groups is 3. The van der Waals surface area contributed by atoms with Gasteiger partial charge in [0.05, 0.1) is 6.61 Å². The van der Waals surface area contributed by atoms with Gasteiger partial charge in [0.25, 0.3) is 5.78 Å². The van der Waals surface area contributed by atoms with E-state index in [1.165, 1.54) is 0 Å². The third-order valence-corrected chi connectivity index (χ3v) is 7.53. The van der Waals surface area contributed by atoms with E-state index in [0.29, 0.717) is 0 Å². The number of hydrogen-bond donors (Lipinski definition) is 0. The molecule has 0 aromatic carbocycles. The maximum absolute atomic E-state index is 11.4. The first kappa shape index (κ1) is 16.6. The molecular formula is C13H20O4Si. The largest absolute Gasteiger partial charge is 0.460 e. The summed E-state index contributed by atoms with van der Waals surface area (Å²) in [7, 11) is -1.95. The van der Waals surface area contributed by atoms with Crippen molar-refractivity contribution in [2.45, 2.75) is 45.8 Å². The van der Waals surface area contributed by atoms with E-state index in [0.717, 1.165) is 0 Å². The standard InChI is InChI=1S/C13H20O4Si/c1-7-17-12(16)11(15)10(14)8-9-18(5,6)13(2,3)4/h7H2,1-6H3. The minimum Gasteiger partial charge on any atom is -0.460 e. The molecule has 0 saturated carbocycles. The van der Waals surface area contributed by atoms with Crippen LogP contribution < -0.4 is 0 Å². The van der Waals surface area contributed by atoms with E-state index in [1.807, 2.05) is 33.9 Å². The van der Waals surface area contributed by atoms with Crippen molar-refractivity contribution in [1.82, 2.24) is 0 Å². The predicted molar refractivity (Wildman–Crippen MR) is 71.6 cm³/mol. The molecule has 0 spiro atoms. The van der Waals surface area contributed by atoms with E-state index >= 15 is 0 Å². The maximum Gasteiger partial charge on any atom is 0.384 e. The molecule has 0 aliphatic carbocycles. The summed E-state index contributed by atoms with van der Waals surface area (Å²) >= 11 is 0. The fourth-order valence-electron chi connectivity index (χ4n) is 0.747. The highest BCUT2D eigenvalue weighted by Gasteiger charge is 2.34. The Bertz CT molecular complexity index is 418. The molecule has 5 heteroatoms. The molecule has 0 rings (SSSR count). The number of esters is 1. The molecule has 0 atom stereocenters. The molecule has 0 aliphatic heterocycles. The van der Waals surface area contributed by atoms with Crippen molar-refractivity contribution >= 4 is 25.6 Å². The van der Waals surface area contributed by atoms with Gasteiger partial charge in [0.15, 0.2) is 0 Å². The zero-order chi connectivity index (χ0) is 14.6. The van der Waals surface area contributed by atoms with E-state index in [9.17, 15) is 14.4 Å². The molecule has 100 valence electrons. The zero-order valence-electron chi connectivity index (χ0n) is 11.8. The normalized spacial score (nSPS) is 11.2. The molecule has 0 N–H and O–H groups in total. The van der Waals surface area contributed by atoms with E-state index in [2.05, 4.69) is 16.2 Å². The third-order valence-electron chi connectivity index (χ3n) is 3.03. The van der Waals surface area contributed by atoms with Crippen molar-refractivity contribution in [3.63, 3.8) is 0 Å². The van der Waals surface area contributed by atoms with Crippen molar-refractivity contribution in [1.29, 1.82) is 0 Å². The molecule has 0 unspecified atom stereocenters. The smallest absolute Gasteiger partial charge is 0.384 e.